The third kappa shape index (κ3) is 5.70. The molecule has 4 nitrogen and oxygen atoms in total. The number of rotatable bonds is 8. The third-order valence-corrected chi connectivity index (χ3v) is 6.31. The fraction of sp³-hybridized carbons (Fsp3) is 1.00. The molecule has 1 fully saturated rings. The summed E-state index contributed by atoms with van der Waals surface area (Å²) in [6.45, 7) is 7.29. The fourth-order valence-electron chi connectivity index (χ4n) is 2.99. The van der Waals surface area contributed by atoms with E-state index in [1.54, 1.807) is 11.4 Å². The number of hydrogen-bond acceptors (Lipinski definition) is 3. The van der Waals surface area contributed by atoms with E-state index in [-0.39, 0.29) is 11.8 Å². The Morgan fingerprint density at radius 1 is 1.20 bits per heavy atom. The molecule has 0 aromatic heterocycles. The summed E-state index contributed by atoms with van der Waals surface area (Å²) in [6.07, 6.45) is 6.24. The van der Waals surface area contributed by atoms with Gasteiger partial charge in [0.1, 0.15) is 0 Å². The second kappa shape index (κ2) is 8.35. The summed E-state index contributed by atoms with van der Waals surface area (Å²) in [6, 6.07) is 0.680. The third-order valence-electron chi connectivity index (χ3n) is 4.35. The van der Waals surface area contributed by atoms with Crippen LogP contribution in [0.2, 0.25) is 0 Å². The van der Waals surface area contributed by atoms with Crippen molar-refractivity contribution in [1.29, 1.82) is 0 Å². The Hall–Kier alpha value is -0.130. The predicted octanol–water partition coefficient (Wildman–Crippen LogP) is 2.60. The molecule has 0 saturated heterocycles. The Balaban J connectivity index is 2.38. The van der Waals surface area contributed by atoms with Crippen molar-refractivity contribution in [1.82, 2.24) is 9.62 Å². The van der Waals surface area contributed by atoms with Crippen LogP contribution in [0.1, 0.15) is 59.3 Å². The van der Waals surface area contributed by atoms with Gasteiger partial charge in [-0.2, -0.15) is 0 Å². The maximum Gasteiger partial charge on any atom is 0.214 e. The van der Waals surface area contributed by atoms with Crippen molar-refractivity contribution in [2.24, 2.45) is 5.92 Å². The fourth-order valence-corrected chi connectivity index (χ4v) is 4.57. The van der Waals surface area contributed by atoms with Crippen LogP contribution in [0, 0.1) is 5.92 Å². The molecule has 2 atom stereocenters. The van der Waals surface area contributed by atoms with Gasteiger partial charge in [0.2, 0.25) is 10.0 Å². The van der Waals surface area contributed by atoms with Gasteiger partial charge < -0.3 is 5.32 Å². The topological polar surface area (TPSA) is 49.4 Å². The van der Waals surface area contributed by atoms with E-state index in [0.717, 1.165) is 38.6 Å². The van der Waals surface area contributed by atoms with E-state index in [1.807, 2.05) is 0 Å². The largest absolute Gasteiger partial charge is 0.315 e. The van der Waals surface area contributed by atoms with E-state index >= 15 is 0 Å². The molecule has 1 saturated carbocycles. The van der Waals surface area contributed by atoms with Crippen LogP contribution < -0.4 is 5.32 Å². The lowest BCUT2D eigenvalue weighted by molar-refractivity contribution is 0.213. The highest BCUT2D eigenvalue weighted by Crippen LogP contribution is 2.29. The smallest absolute Gasteiger partial charge is 0.214 e. The summed E-state index contributed by atoms with van der Waals surface area (Å²) in [5.74, 6) is 0.776. The van der Waals surface area contributed by atoms with Crippen molar-refractivity contribution in [3.63, 3.8) is 0 Å². The molecule has 120 valence electrons. The van der Waals surface area contributed by atoms with Gasteiger partial charge in [-0.25, -0.2) is 12.7 Å². The van der Waals surface area contributed by atoms with Crippen molar-refractivity contribution < 1.29 is 8.42 Å². The molecule has 5 heteroatoms. The average Bonchev–Trinajstić information content (AvgIpc) is 2.37. The van der Waals surface area contributed by atoms with E-state index in [0.29, 0.717) is 12.0 Å². The Morgan fingerprint density at radius 2 is 1.85 bits per heavy atom. The molecule has 0 bridgehead atoms. The molecule has 2 unspecified atom stereocenters. The summed E-state index contributed by atoms with van der Waals surface area (Å²) >= 11 is 0. The minimum Gasteiger partial charge on any atom is -0.315 e. The van der Waals surface area contributed by atoms with E-state index in [9.17, 15) is 8.42 Å². The van der Waals surface area contributed by atoms with Crippen molar-refractivity contribution >= 4 is 10.0 Å². The van der Waals surface area contributed by atoms with Gasteiger partial charge in [-0.3, -0.25) is 0 Å². The van der Waals surface area contributed by atoms with Crippen LogP contribution in [0.25, 0.3) is 0 Å². The molecule has 0 aliphatic heterocycles. The second-order valence-electron chi connectivity index (χ2n) is 6.48. The van der Waals surface area contributed by atoms with Crippen molar-refractivity contribution in [3.05, 3.63) is 0 Å². The van der Waals surface area contributed by atoms with E-state index in [1.165, 1.54) is 6.42 Å². The quantitative estimate of drug-likeness (QED) is 0.701. The van der Waals surface area contributed by atoms with Crippen LogP contribution in [-0.4, -0.2) is 44.2 Å². The lowest BCUT2D eigenvalue weighted by Crippen LogP contribution is -2.43. The molecule has 0 amide bonds. The lowest BCUT2D eigenvalue weighted by atomic mass is 9.86. The van der Waals surface area contributed by atoms with Gasteiger partial charge >= 0.3 is 0 Å². The predicted molar refractivity (Wildman–Crippen MR) is 85.3 cm³/mol. The molecular formula is C15H32N2O2S. The molecule has 0 aromatic rings. The molecule has 1 N–H and O–H groups in total. The summed E-state index contributed by atoms with van der Waals surface area (Å²) in [5.41, 5.74) is 0. The minimum absolute atomic E-state index is 0.211. The zero-order chi connectivity index (χ0) is 15.2. The van der Waals surface area contributed by atoms with Crippen molar-refractivity contribution in [2.45, 2.75) is 71.4 Å². The van der Waals surface area contributed by atoms with Crippen LogP contribution >= 0.6 is 0 Å². The lowest BCUT2D eigenvalue weighted by Gasteiger charge is -2.35. The number of unbranched alkanes of at least 4 members (excludes halogenated alkanes) is 1. The van der Waals surface area contributed by atoms with Crippen LogP contribution in [-0.2, 0) is 10.0 Å². The van der Waals surface area contributed by atoms with Gasteiger partial charge in [-0.15, -0.1) is 0 Å². The van der Waals surface area contributed by atoms with Crippen molar-refractivity contribution in [3.8, 4) is 0 Å². The summed E-state index contributed by atoms with van der Waals surface area (Å²) in [5, 5.41) is 3.32. The second-order valence-corrected chi connectivity index (χ2v) is 8.63. The zero-order valence-electron chi connectivity index (χ0n) is 13.6. The number of hydrogen-bond donors (Lipinski definition) is 1. The van der Waals surface area contributed by atoms with Gasteiger partial charge in [0.25, 0.3) is 0 Å². The molecule has 0 spiro atoms. The Kier molecular flexibility index (Phi) is 7.48. The summed E-state index contributed by atoms with van der Waals surface area (Å²) in [7, 11) is -1.32. The van der Waals surface area contributed by atoms with Gasteiger partial charge in [0.05, 0.1) is 5.75 Å². The van der Waals surface area contributed by atoms with Gasteiger partial charge in [0, 0.05) is 19.1 Å². The highest BCUT2D eigenvalue weighted by atomic mass is 32.2. The van der Waals surface area contributed by atoms with Gasteiger partial charge in [0.15, 0.2) is 0 Å². The molecule has 0 radical (unpaired) electrons. The Morgan fingerprint density at radius 3 is 2.45 bits per heavy atom. The normalized spacial score (nSPS) is 24.5. The van der Waals surface area contributed by atoms with E-state index < -0.39 is 10.0 Å². The molecule has 1 aliphatic carbocycles. The SMILES string of the molecule is CC(C)NCCCCS(=O)(=O)N(C)C1CCCCC1C. The Bertz CT molecular complexity index is 368. The van der Waals surface area contributed by atoms with E-state index in [2.05, 4.69) is 26.1 Å². The first kappa shape index (κ1) is 17.9. The average molecular weight is 305 g/mol. The van der Waals surface area contributed by atoms with Crippen LogP contribution in [0.3, 0.4) is 0 Å². The first-order valence-corrected chi connectivity index (χ1v) is 9.64. The molecule has 1 rings (SSSR count). The molecule has 0 aromatic carbocycles. The first-order chi connectivity index (χ1) is 9.34. The molecule has 20 heavy (non-hydrogen) atoms. The summed E-state index contributed by atoms with van der Waals surface area (Å²) < 4.78 is 26.4. The highest BCUT2D eigenvalue weighted by Gasteiger charge is 2.31. The standard InChI is InChI=1S/C15H32N2O2S/c1-13(2)16-11-7-8-12-20(18,19)17(4)15-10-6-5-9-14(15)3/h13-16H,5-12H2,1-4H3. The first-order valence-electron chi connectivity index (χ1n) is 8.03. The zero-order valence-corrected chi connectivity index (χ0v) is 14.4. The van der Waals surface area contributed by atoms with E-state index in [4.69, 9.17) is 0 Å². The number of nitrogens with one attached hydrogen (secondary N) is 1. The monoisotopic (exact) mass is 304 g/mol. The molecule has 1 aliphatic rings. The minimum atomic E-state index is -3.09. The maximum atomic E-state index is 12.4. The van der Waals surface area contributed by atoms with Crippen molar-refractivity contribution in [2.75, 3.05) is 19.3 Å². The van der Waals surface area contributed by atoms with Crippen LogP contribution in [0.4, 0.5) is 0 Å². The van der Waals surface area contributed by atoms with Gasteiger partial charge in [-0.05, 0) is 38.1 Å². The number of sulfonamides is 1. The maximum absolute atomic E-state index is 12.4. The molecule has 0 heterocycles. The van der Waals surface area contributed by atoms with Crippen LogP contribution in [0.5, 0.6) is 0 Å². The summed E-state index contributed by atoms with van der Waals surface area (Å²) in [4.78, 5) is 0. The van der Waals surface area contributed by atoms with Crippen LogP contribution in [0.15, 0.2) is 0 Å². The number of nitrogens with zero attached hydrogens (tertiary/aromatic N) is 1. The van der Waals surface area contributed by atoms with Gasteiger partial charge in [-0.1, -0.05) is 33.6 Å². The highest BCUT2D eigenvalue weighted by molar-refractivity contribution is 7.89. The molecular weight excluding hydrogens is 272 g/mol. The Labute approximate surface area is 125 Å².